The van der Waals surface area contributed by atoms with Crippen molar-refractivity contribution in [1.29, 1.82) is 0 Å². The van der Waals surface area contributed by atoms with Crippen LogP contribution in [0.1, 0.15) is 13.3 Å². The van der Waals surface area contributed by atoms with Crippen LogP contribution >= 0.6 is 0 Å². The third kappa shape index (κ3) is 3.73. The third-order valence-corrected chi connectivity index (χ3v) is 5.26. The number of hydrogen-bond acceptors (Lipinski definition) is 6. The summed E-state index contributed by atoms with van der Waals surface area (Å²) in [6.07, 6.45) is 2.20. The summed E-state index contributed by atoms with van der Waals surface area (Å²) in [6, 6.07) is 6.91. The van der Waals surface area contributed by atoms with Gasteiger partial charge in [0, 0.05) is 56.4 Å². The summed E-state index contributed by atoms with van der Waals surface area (Å²) in [7, 11) is 0. The van der Waals surface area contributed by atoms with Gasteiger partial charge >= 0.3 is 11.8 Å². The molecular formula is C18H22FN5O3. The van der Waals surface area contributed by atoms with Crippen molar-refractivity contribution < 1.29 is 14.1 Å². The molecule has 2 aliphatic heterocycles. The van der Waals surface area contributed by atoms with Gasteiger partial charge in [0.15, 0.2) is 0 Å². The van der Waals surface area contributed by atoms with Crippen molar-refractivity contribution in [2.75, 3.05) is 37.6 Å². The first kappa shape index (κ1) is 17.7. The van der Waals surface area contributed by atoms with Gasteiger partial charge in [-0.15, -0.1) is 0 Å². The van der Waals surface area contributed by atoms with Crippen LogP contribution in [0.3, 0.4) is 0 Å². The molecule has 1 aromatic carbocycles. The van der Waals surface area contributed by atoms with E-state index in [2.05, 4.69) is 14.8 Å². The first-order valence-corrected chi connectivity index (χ1v) is 9.05. The number of ether oxygens (including phenoxy) is 1. The van der Waals surface area contributed by atoms with Crippen LogP contribution in [0.25, 0.3) is 0 Å². The molecule has 2 aromatic rings. The van der Waals surface area contributed by atoms with E-state index in [1.165, 1.54) is 18.3 Å². The van der Waals surface area contributed by atoms with Gasteiger partial charge in [0.1, 0.15) is 17.6 Å². The van der Waals surface area contributed by atoms with Crippen LogP contribution in [0.4, 0.5) is 15.9 Å². The van der Waals surface area contributed by atoms with E-state index in [0.717, 1.165) is 44.8 Å². The average Bonchev–Trinajstić information content (AvgIpc) is 3.06. The summed E-state index contributed by atoms with van der Waals surface area (Å²) in [5, 5.41) is 10.9. The summed E-state index contributed by atoms with van der Waals surface area (Å²) in [4.78, 5) is 19.0. The second kappa shape index (κ2) is 6.80. The minimum Gasteiger partial charge on any atom is -0.438 e. The normalized spacial score (nSPS) is 23.0. The van der Waals surface area contributed by atoms with Crippen molar-refractivity contribution in [3.05, 3.63) is 46.4 Å². The van der Waals surface area contributed by atoms with Crippen LogP contribution in [-0.2, 0) is 6.54 Å². The van der Waals surface area contributed by atoms with E-state index < -0.39 is 10.5 Å². The number of anilines is 1. The monoisotopic (exact) mass is 375 g/mol. The maximum absolute atomic E-state index is 13.1. The van der Waals surface area contributed by atoms with Crippen molar-refractivity contribution in [2.24, 2.45) is 0 Å². The topological polar surface area (TPSA) is 76.7 Å². The number of halogens is 1. The summed E-state index contributed by atoms with van der Waals surface area (Å²) in [5.74, 6) is -0.402. The van der Waals surface area contributed by atoms with Gasteiger partial charge in [-0.25, -0.2) is 4.39 Å². The molecule has 2 aliphatic rings. The van der Waals surface area contributed by atoms with Crippen molar-refractivity contribution in [1.82, 2.24) is 14.5 Å². The molecule has 0 bridgehead atoms. The zero-order chi connectivity index (χ0) is 19.0. The summed E-state index contributed by atoms with van der Waals surface area (Å²) in [5.41, 5.74) is 0.610. The number of rotatable bonds is 4. The van der Waals surface area contributed by atoms with Gasteiger partial charge in [-0.05, 0) is 36.1 Å². The molecule has 1 fully saturated rings. The van der Waals surface area contributed by atoms with Crippen LogP contribution in [0, 0.1) is 15.9 Å². The molecule has 27 heavy (non-hydrogen) atoms. The van der Waals surface area contributed by atoms with Gasteiger partial charge < -0.3 is 19.8 Å². The first-order chi connectivity index (χ1) is 12.9. The second-order valence-corrected chi connectivity index (χ2v) is 7.37. The number of imidazole rings is 1. The van der Waals surface area contributed by atoms with Crippen LogP contribution in [-0.4, -0.2) is 57.7 Å². The molecule has 9 heteroatoms. The Balaban J connectivity index is 1.35. The van der Waals surface area contributed by atoms with Gasteiger partial charge in [-0.2, -0.15) is 0 Å². The lowest BCUT2D eigenvalue weighted by molar-refractivity contribution is -0.389. The van der Waals surface area contributed by atoms with Crippen LogP contribution in [0.2, 0.25) is 0 Å². The smallest absolute Gasteiger partial charge is 0.414 e. The molecule has 0 saturated carbocycles. The maximum Gasteiger partial charge on any atom is 0.414 e. The molecule has 3 heterocycles. The Morgan fingerprint density at radius 1 is 1.22 bits per heavy atom. The Hall–Kier alpha value is -2.68. The van der Waals surface area contributed by atoms with E-state index >= 15 is 0 Å². The molecule has 0 aliphatic carbocycles. The summed E-state index contributed by atoms with van der Waals surface area (Å²) >= 11 is 0. The highest BCUT2D eigenvalue weighted by molar-refractivity contribution is 5.46. The largest absolute Gasteiger partial charge is 0.438 e. The molecule has 144 valence electrons. The Kier molecular flexibility index (Phi) is 4.47. The lowest BCUT2D eigenvalue weighted by atomic mass is 9.99. The summed E-state index contributed by atoms with van der Waals surface area (Å²) < 4.78 is 20.8. The fourth-order valence-electron chi connectivity index (χ4n) is 3.74. The zero-order valence-corrected chi connectivity index (χ0v) is 15.2. The number of piperazine rings is 1. The number of aromatic nitrogens is 2. The van der Waals surface area contributed by atoms with Crippen molar-refractivity contribution in [3.8, 4) is 6.01 Å². The van der Waals surface area contributed by atoms with Crippen molar-refractivity contribution in [2.45, 2.75) is 25.5 Å². The quantitative estimate of drug-likeness (QED) is 0.603. The first-order valence-electron chi connectivity index (χ1n) is 9.05. The SMILES string of the molecule is CC1(CN2CCN(c3ccc(F)cc3)CC2)CCn2cc([N+](=O)[O-])nc2O1. The zero-order valence-electron chi connectivity index (χ0n) is 15.2. The van der Waals surface area contributed by atoms with Gasteiger partial charge in [0.25, 0.3) is 0 Å². The van der Waals surface area contributed by atoms with E-state index in [0.29, 0.717) is 12.6 Å². The van der Waals surface area contributed by atoms with Crippen molar-refractivity contribution in [3.63, 3.8) is 0 Å². The van der Waals surface area contributed by atoms with Crippen LogP contribution in [0.5, 0.6) is 6.01 Å². The molecule has 0 N–H and O–H groups in total. The highest BCUT2D eigenvalue weighted by Gasteiger charge is 2.38. The maximum atomic E-state index is 13.1. The molecule has 1 atom stereocenters. The van der Waals surface area contributed by atoms with E-state index in [1.807, 2.05) is 19.1 Å². The Morgan fingerprint density at radius 3 is 2.59 bits per heavy atom. The van der Waals surface area contributed by atoms with Crippen LogP contribution in [0.15, 0.2) is 30.5 Å². The highest BCUT2D eigenvalue weighted by Crippen LogP contribution is 2.31. The number of nitrogens with zero attached hydrogens (tertiary/aromatic N) is 5. The minimum absolute atomic E-state index is 0.179. The van der Waals surface area contributed by atoms with Gasteiger partial charge in [-0.3, -0.25) is 9.47 Å². The third-order valence-electron chi connectivity index (χ3n) is 5.26. The molecule has 8 nitrogen and oxygen atoms in total. The number of benzene rings is 1. The Bertz CT molecular complexity index is 832. The lowest BCUT2D eigenvalue weighted by Crippen LogP contribution is -2.54. The predicted molar refractivity (Wildman–Crippen MR) is 97.6 cm³/mol. The van der Waals surface area contributed by atoms with Gasteiger partial charge in [-0.1, -0.05) is 0 Å². The minimum atomic E-state index is -0.499. The fraction of sp³-hybridized carbons (Fsp3) is 0.500. The number of fused-ring (bicyclic) bond motifs is 1. The van der Waals surface area contributed by atoms with Gasteiger partial charge in [0.05, 0.1) is 0 Å². The van der Waals surface area contributed by atoms with E-state index in [9.17, 15) is 14.5 Å². The molecule has 0 amide bonds. The van der Waals surface area contributed by atoms with E-state index in [4.69, 9.17) is 4.74 Å². The van der Waals surface area contributed by atoms with E-state index in [1.54, 1.807) is 4.57 Å². The lowest BCUT2D eigenvalue weighted by Gasteiger charge is -2.41. The average molecular weight is 375 g/mol. The van der Waals surface area contributed by atoms with Gasteiger partial charge in [0.2, 0.25) is 0 Å². The molecule has 4 rings (SSSR count). The Morgan fingerprint density at radius 2 is 1.93 bits per heavy atom. The standard InChI is InChI=1S/C18H22FN5O3/c1-18(6-7-23-12-16(24(25)26)20-17(23)27-18)13-21-8-10-22(11-9-21)15-4-2-14(19)3-5-15/h2-5,12H,6-11,13H2,1H3. The number of nitro groups is 1. The highest BCUT2D eigenvalue weighted by atomic mass is 19.1. The molecule has 1 unspecified atom stereocenters. The Labute approximate surface area is 156 Å². The molecule has 1 aromatic heterocycles. The van der Waals surface area contributed by atoms with Crippen LogP contribution < -0.4 is 9.64 Å². The fourth-order valence-corrected chi connectivity index (χ4v) is 3.74. The molecule has 0 spiro atoms. The van der Waals surface area contributed by atoms with E-state index in [-0.39, 0.29) is 11.6 Å². The molecule has 1 saturated heterocycles. The summed E-state index contributed by atoms with van der Waals surface area (Å²) in [6.45, 7) is 6.91. The van der Waals surface area contributed by atoms with Crippen molar-refractivity contribution >= 4 is 11.5 Å². The second-order valence-electron chi connectivity index (χ2n) is 7.37. The molecule has 0 radical (unpaired) electrons. The number of aryl methyl sites for hydroxylation is 1. The molecular weight excluding hydrogens is 353 g/mol. The predicted octanol–water partition coefficient (Wildman–Crippen LogP) is 2.29. The number of hydrogen-bond donors (Lipinski definition) is 0.